The third-order valence-electron chi connectivity index (χ3n) is 2.45. The van der Waals surface area contributed by atoms with Gasteiger partial charge in [-0.2, -0.15) is 0 Å². The fraction of sp³-hybridized carbons (Fsp3) is 0.0714. The molecule has 2 rings (SSSR count). The van der Waals surface area contributed by atoms with E-state index in [0.29, 0.717) is 0 Å². The summed E-state index contributed by atoms with van der Waals surface area (Å²) < 4.78 is 5.00. The molecule has 6 heteroatoms. The molecule has 2 aromatic rings. The van der Waals surface area contributed by atoms with E-state index in [2.05, 4.69) is 0 Å². The van der Waals surface area contributed by atoms with E-state index in [-0.39, 0.29) is 11.4 Å². The minimum atomic E-state index is -0.648. The zero-order valence-corrected chi connectivity index (χ0v) is 11.4. The smallest absolute Gasteiger partial charge is 0.336 e. The summed E-state index contributed by atoms with van der Waals surface area (Å²) in [5, 5.41) is 12.8. The topological polar surface area (TPSA) is 69.4 Å². The van der Waals surface area contributed by atoms with Gasteiger partial charge in [-0.1, -0.05) is 12.1 Å². The van der Waals surface area contributed by atoms with Crippen LogP contribution in [0.2, 0.25) is 0 Å². The van der Waals surface area contributed by atoms with Gasteiger partial charge in [0.05, 0.1) is 4.92 Å². The van der Waals surface area contributed by atoms with Crippen LogP contribution in [0.4, 0.5) is 5.69 Å². The van der Waals surface area contributed by atoms with Crippen LogP contribution in [0, 0.1) is 17.0 Å². The van der Waals surface area contributed by atoms with E-state index in [4.69, 9.17) is 4.74 Å². The van der Waals surface area contributed by atoms with E-state index >= 15 is 0 Å². The molecular weight excluding hydrogens is 278 g/mol. The molecule has 0 saturated heterocycles. The Kier molecular flexibility index (Phi) is 4.27. The number of nitrogens with zero attached hydrogens (tertiary/aromatic N) is 1. The molecule has 0 aliphatic carbocycles. The number of nitro groups is 1. The Hall–Kier alpha value is -2.47. The molecule has 1 aromatic heterocycles. The SMILES string of the molecule is Cc1ccc(OC(=O)C=Cc2cccs2)c([N+](=O)[O-])c1. The number of ether oxygens (including phenoxy) is 1. The van der Waals surface area contributed by atoms with Crippen molar-refractivity contribution in [1.82, 2.24) is 0 Å². The molecule has 1 aromatic carbocycles. The van der Waals surface area contributed by atoms with Crippen molar-refractivity contribution in [2.45, 2.75) is 6.92 Å². The summed E-state index contributed by atoms with van der Waals surface area (Å²) in [6.45, 7) is 1.73. The quantitative estimate of drug-likeness (QED) is 0.283. The molecule has 0 radical (unpaired) electrons. The van der Waals surface area contributed by atoms with Crippen molar-refractivity contribution in [3.63, 3.8) is 0 Å². The second kappa shape index (κ2) is 6.12. The van der Waals surface area contributed by atoms with E-state index in [1.165, 1.54) is 29.5 Å². The van der Waals surface area contributed by atoms with Gasteiger partial charge in [-0.3, -0.25) is 10.1 Å². The van der Waals surface area contributed by atoms with Gasteiger partial charge in [0.25, 0.3) is 0 Å². The van der Waals surface area contributed by atoms with Gasteiger partial charge in [-0.25, -0.2) is 4.79 Å². The van der Waals surface area contributed by atoms with Crippen molar-refractivity contribution < 1.29 is 14.5 Å². The molecule has 5 nitrogen and oxygen atoms in total. The Morgan fingerprint density at radius 1 is 1.40 bits per heavy atom. The number of rotatable bonds is 4. The van der Waals surface area contributed by atoms with Crippen LogP contribution in [0.25, 0.3) is 6.08 Å². The third-order valence-corrected chi connectivity index (χ3v) is 3.29. The Balaban J connectivity index is 2.13. The number of hydrogen-bond donors (Lipinski definition) is 0. The zero-order chi connectivity index (χ0) is 14.5. The first-order valence-electron chi connectivity index (χ1n) is 5.75. The Morgan fingerprint density at radius 3 is 2.85 bits per heavy atom. The van der Waals surface area contributed by atoms with Crippen LogP contribution in [0.3, 0.4) is 0 Å². The number of hydrogen-bond acceptors (Lipinski definition) is 5. The van der Waals surface area contributed by atoms with Crippen LogP contribution in [0.15, 0.2) is 41.8 Å². The first kappa shape index (κ1) is 14.0. The summed E-state index contributed by atoms with van der Waals surface area (Å²) in [5.41, 5.74) is 0.508. The van der Waals surface area contributed by atoms with Crippen LogP contribution in [-0.4, -0.2) is 10.9 Å². The fourth-order valence-corrected chi connectivity index (χ4v) is 2.15. The Labute approximate surface area is 119 Å². The number of esters is 1. The van der Waals surface area contributed by atoms with E-state index < -0.39 is 10.9 Å². The highest BCUT2D eigenvalue weighted by atomic mass is 32.1. The molecule has 0 unspecified atom stereocenters. The molecule has 102 valence electrons. The molecule has 20 heavy (non-hydrogen) atoms. The molecule has 0 aliphatic rings. The van der Waals surface area contributed by atoms with Gasteiger partial charge in [0.15, 0.2) is 0 Å². The van der Waals surface area contributed by atoms with Gasteiger partial charge < -0.3 is 4.74 Å². The van der Waals surface area contributed by atoms with E-state index in [1.807, 2.05) is 17.5 Å². The molecular formula is C14H11NO4S. The van der Waals surface area contributed by atoms with Crippen LogP contribution in [0.5, 0.6) is 5.75 Å². The molecule has 0 N–H and O–H groups in total. The number of thiophene rings is 1. The number of carbonyl (C=O) groups excluding carboxylic acids is 1. The minimum Gasteiger partial charge on any atom is -0.416 e. The lowest BCUT2D eigenvalue weighted by molar-refractivity contribution is -0.385. The number of aryl methyl sites for hydroxylation is 1. The van der Waals surface area contributed by atoms with Crippen molar-refractivity contribution in [3.05, 3.63) is 62.3 Å². The third kappa shape index (κ3) is 3.52. The number of nitro benzene ring substituents is 1. The second-order valence-corrected chi connectivity index (χ2v) is 4.98. The summed E-state index contributed by atoms with van der Waals surface area (Å²) >= 11 is 1.48. The minimum absolute atomic E-state index is 0.0542. The zero-order valence-electron chi connectivity index (χ0n) is 10.6. The number of carbonyl (C=O) groups is 1. The Morgan fingerprint density at radius 2 is 2.20 bits per heavy atom. The summed E-state index contributed by atoms with van der Waals surface area (Å²) in [4.78, 5) is 22.9. The van der Waals surface area contributed by atoms with Gasteiger partial charge in [-0.15, -0.1) is 11.3 Å². The first-order valence-corrected chi connectivity index (χ1v) is 6.62. The van der Waals surface area contributed by atoms with Gasteiger partial charge in [-0.05, 0) is 36.1 Å². The van der Waals surface area contributed by atoms with Crippen molar-refractivity contribution in [3.8, 4) is 5.75 Å². The van der Waals surface area contributed by atoms with Crippen molar-refractivity contribution in [2.24, 2.45) is 0 Å². The molecule has 0 amide bonds. The monoisotopic (exact) mass is 289 g/mol. The lowest BCUT2D eigenvalue weighted by atomic mass is 10.2. The fourth-order valence-electron chi connectivity index (χ4n) is 1.54. The molecule has 0 fully saturated rings. The normalized spacial score (nSPS) is 10.7. The van der Waals surface area contributed by atoms with E-state index in [9.17, 15) is 14.9 Å². The average molecular weight is 289 g/mol. The highest BCUT2D eigenvalue weighted by Gasteiger charge is 2.17. The lowest BCUT2D eigenvalue weighted by Gasteiger charge is -2.03. The maximum absolute atomic E-state index is 11.6. The molecule has 0 atom stereocenters. The largest absolute Gasteiger partial charge is 0.416 e. The van der Waals surface area contributed by atoms with Crippen molar-refractivity contribution >= 4 is 29.1 Å². The van der Waals surface area contributed by atoms with Crippen LogP contribution < -0.4 is 4.74 Å². The van der Waals surface area contributed by atoms with Crippen LogP contribution >= 0.6 is 11.3 Å². The number of benzene rings is 1. The molecule has 0 saturated carbocycles. The van der Waals surface area contributed by atoms with Crippen molar-refractivity contribution in [1.29, 1.82) is 0 Å². The van der Waals surface area contributed by atoms with Crippen molar-refractivity contribution in [2.75, 3.05) is 0 Å². The van der Waals surface area contributed by atoms with Gasteiger partial charge in [0, 0.05) is 17.0 Å². The Bertz CT molecular complexity index is 662. The predicted molar refractivity (Wildman–Crippen MR) is 76.8 cm³/mol. The standard InChI is InChI=1S/C14H11NO4S/c1-10-4-6-13(12(9-10)15(17)18)19-14(16)7-5-11-3-2-8-20-11/h2-9H,1H3. The maximum Gasteiger partial charge on any atom is 0.336 e. The summed E-state index contributed by atoms with van der Waals surface area (Å²) in [5.74, 6) is -0.702. The van der Waals surface area contributed by atoms with E-state index in [1.54, 1.807) is 19.1 Å². The van der Waals surface area contributed by atoms with Crippen LogP contribution in [0.1, 0.15) is 10.4 Å². The summed E-state index contributed by atoms with van der Waals surface area (Å²) in [7, 11) is 0. The first-order chi connectivity index (χ1) is 9.56. The van der Waals surface area contributed by atoms with Gasteiger partial charge in [0.2, 0.25) is 5.75 Å². The maximum atomic E-state index is 11.6. The lowest BCUT2D eigenvalue weighted by Crippen LogP contribution is -2.05. The van der Waals surface area contributed by atoms with Gasteiger partial charge >= 0.3 is 11.7 Å². The van der Waals surface area contributed by atoms with Crippen LogP contribution in [-0.2, 0) is 4.79 Å². The highest BCUT2D eigenvalue weighted by molar-refractivity contribution is 7.10. The van der Waals surface area contributed by atoms with Gasteiger partial charge in [0.1, 0.15) is 0 Å². The highest BCUT2D eigenvalue weighted by Crippen LogP contribution is 2.27. The molecule has 0 aliphatic heterocycles. The predicted octanol–water partition coefficient (Wildman–Crippen LogP) is 3.58. The van der Waals surface area contributed by atoms with E-state index in [0.717, 1.165) is 10.4 Å². The summed E-state index contributed by atoms with van der Waals surface area (Å²) in [6, 6.07) is 8.15. The average Bonchev–Trinajstić information content (AvgIpc) is 2.91. The molecule has 0 bridgehead atoms. The molecule has 0 spiro atoms. The second-order valence-electron chi connectivity index (χ2n) is 4.00. The molecule has 1 heterocycles. The summed E-state index contributed by atoms with van der Waals surface area (Å²) in [6.07, 6.45) is 2.85.